The minimum atomic E-state index is 0.366. The lowest BCUT2D eigenvalue weighted by Gasteiger charge is -2.20. The molecule has 0 aliphatic carbocycles. The van der Waals surface area contributed by atoms with E-state index in [0.29, 0.717) is 19.3 Å². The van der Waals surface area contributed by atoms with Crippen molar-refractivity contribution in [1.82, 2.24) is 5.32 Å². The third-order valence-electron chi connectivity index (χ3n) is 3.53. The van der Waals surface area contributed by atoms with Crippen molar-refractivity contribution in [3.8, 4) is 5.75 Å². The first kappa shape index (κ1) is 17.0. The fraction of sp³-hybridized carbons (Fsp3) is 0.647. The number of unbranched alkanes of at least 4 members (excludes halogenated alkanes) is 3. The van der Waals surface area contributed by atoms with E-state index in [1.165, 1.54) is 31.2 Å². The maximum Gasteiger partial charge on any atom is 0.124 e. The first-order valence-electron chi connectivity index (χ1n) is 7.71. The number of nitrogens with one attached hydrogen (secondary N) is 1. The molecule has 3 heteroatoms. The molecule has 1 atom stereocenters. The quantitative estimate of drug-likeness (QED) is 0.622. The number of benzene rings is 1. The van der Waals surface area contributed by atoms with Crippen LogP contribution in [-0.4, -0.2) is 27.4 Å². The Hall–Kier alpha value is -1.06. The molecule has 0 heterocycles. The van der Waals surface area contributed by atoms with Gasteiger partial charge in [0.15, 0.2) is 0 Å². The van der Waals surface area contributed by atoms with Crippen molar-refractivity contribution in [2.45, 2.75) is 45.1 Å². The van der Waals surface area contributed by atoms with Crippen LogP contribution in [0.3, 0.4) is 0 Å². The van der Waals surface area contributed by atoms with Crippen LogP contribution in [0, 0.1) is 0 Å². The van der Waals surface area contributed by atoms with E-state index in [9.17, 15) is 0 Å². The second-order valence-electron chi connectivity index (χ2n) is 5.07. The molecule has 20 heavy (non-hydrogen) atoms. The normalized spacial score (nSPS) is 12.3. The Balaban J connectivity index is 2.60. The Labute approximate surface area is 123 Å². The van der Waals surface area contributed by atoms with Gasteiger partial charge in [0.2, 0.25) is 0 Å². The number of para-hydroxylation sites is 1. The number of rotatable bonds is 11. The van der Waals surface area contributed by atoms with E-state index in [0.717, 1.165) is 12.2 Å². The van der Waals surface area contributed by atoms with E-state index >= 15 is 0 Å². The minimum absolute atomic E-state index is 0.366. The maximum absolute atomic E-state index is 5.82. The fourth-order valence-corrected chi connectivity index (χ4v) is 2.37. The topological polar surface area (TPSA) is 30.5 Å². The molecule has 0 radical (unpaired) electrons. The molecule has 3 nitrogen and oxygen atoms in total. The summed E-state index contributed by atoms with van der Waals surface area (Å²) in [6, 6.07) is 8.67. The van der Waals surface area contributed by atoms with Gasteiger partial charge >= 0.3 is 0 Å². The van der Waals surface area contributed by atoms with Crippen LogP contribution in [0.15, 0.2) is 24.3 Å². The van der Waals surface area contributed by atoms with Crippen molar-refractivity contribution in [1.29, 1.82) is 0 Å². The molecule has 0 amide bonds. The smallest absolute Gasteiger partial charge is 0.124 e. The summed E-state index contributed by atoms with van der Waals surface area (Å²) in [5.41, 5.74) is 1.25. The van der Waals surface area contributed by atoms with Gasteiger partial charge in [-0.05, 0) is 19.5 Å². The summed E-state index contributed by atoms with van der Waals surface area (Å²) in [5, 5.41) is 3.41. The highest BCUT2D eigenvalue weighted by Crippen LogP contribution is 2.28. The maximum atomic E-state index is 5.82. The molecule has 1 unspecified atom stereocenters. The zero-order valence-electron chi connectivity index (χ0n) is 13.2. The zero-order chi connectivity index (χ0) is 14.6. The second-order valence-corrected chi connectivity index (χ2v) is 5.07. The number of ether oxygens (including phenoxy) is 2. The molecule has 0 saturated heterocycles. The van der Waals surface area contributed by atoms with E-state index in [-0.39, 0.29) is 0 Å². The Kier molecular flexibility index (Phi) is 9.09. The highest BCUT2D eigenvalue weighted by atomic mass is 16.5. The van der Waals surface area contributed by atoms with Gasteiger partial charge in [0.05, 0.1) is 6.61 Å². The van der Waals surface area contributed by atoms with Crippen LogP contribution in [0.25, 0.3) is 0 Å². The zero-order valence-corrected chi connectivity index (χ0v) is 13.2. The van der Waals surface area contributed by atoms with Crippen LogP contribution in [0.1, 0.15) is 50.6 Å². The molecule has 0 aromatic heterocycles. The molecular formula is C17H29NO2. The Bertz CT molecular complexity index is 355. The van der Waals surface area contributed by atoms with Gasteiger partial charge in [-0.2, -0.15) is 0 Å². The monoisotopic (exact) mass is 279 g/mol. The summed E-state index contributed by atoms with van der Waals surface area (Å²) in [6.45, 7) is 3.46. The molecule has 1 N–H and O–H groups in total. The third kappa shape index (κ3) is 5.93. The summed E-state index contributed by atoms with van der Waals surface area (Å²) in [7, 11) is 3.72. The van der Waals surface area contributed by atoms with Gasteiger partial charge in [-0.15, -0.1) is 0 Å². The lowest BCUT2D eigenvalue weighted by molar-refractivity contribution is 0.145. The van der Waals surface area contributed by atoms with Gasteiger partial charge in [-0.1, -0.05) is 50.8 Å². The minimum Gasteiger partial charge on any atom is -0.491 e. The average molecular weight is 279 g/mol. The number of methoxy groups -OCH3 is 1. The molecule has 0 aliphatic rings. The lowest BCUT2D eigenvalue weighted by Crippen LogP contribution is -2.18. The number of hydrogen-bond acceptors (Lipinski definition) is 3. The van der Waals surface area contributed by atoms with Gasteiger partial charge in [-0.25, -0.2) is 0 Å². The summed E-state index contributed by atoms with van der Waals surface area (Å²) < 4.78 is 10.9. The van der Waals surface area contributed by atoms with Gasteiger partial charge in [0.25, 0.3) is 0 Å². The Morgan fingerprint density at radius 1 is 1.10 bits per heavy atom. The molecule has 0 saturated carbocycles. The summed E-state index contributed by atoms with van der Waals surface area (Å²) in [6.07, 6.45) is 6.32. The van der Waals surface area contributed by atoms with Crippen LogP contribution >= 0.6 is 0 Å². The summed E-state index contributed by atoms with van der Waals surface area (Å²) in [5.74, 6) is 0.972. The highest BCUT2D eigenvalue weighted by Gasteiger charge is 2.13. The predicted octanol–water partition coefficient (Wildman–Crippen LogP) is 3.94. The standard InChI is InChI=1S/C17H29NO2/c1-4-5-6-7-11-16(18-2)15-10-8-9-12-17(15)20-14-13-19-3/h8-10,12,16,18H,4-7,11,13-14H2,1-3H3. The number of hydrogen-bond donors (Lipinski definition) is 1. The van der Waals surface area contributed by atoms with E-state index in [1.54, 1.807) is 7.11 Å². The SMILES string of the molecule is CCCCCCC(NC)c1ccccc1OCCOC. The molecule has 0 fully saturated rings. The third-order valence-corrected chi connectivity index (χ3v) is 3.53. The van der Waals surface area contributed by atoms with E-state index < -0.39 is 0 Å². The first-order chi connectivity index (χ1) is 9.83. The predicted molar refractivity (Wildman–Crippen MR) is 84.4 cm³/mol. The molecule has 0 bridgehead atoms. The summed E-state index contributed by atoms with van der Waals surface area (Å²) in [4.78, 5) is 0. The molecular weight excluding hydrogens is 250 g/mol. The van der Waals surface area contributed by atoms with Crippen LogP contribution in [-0.2, 0) is 4.74 Å². The highest BCUT2D eigenvalue weighted by molar-refractivity contribution is 5.35. The molecule has 0 spiro atoms. The van der Waals surface area contributed by atoms with E-state index in [2.05, 4.69) is 24.4 Å². The van der Waals surface area contributed by atoms with Crippen LogP contribution in [0.2, 0.25) is 0 Å². The van der Waals surface area contributed by atoms with Crippen molar-refractivity contribution < 1.29 is 9.47 Å². The van der Waals surface area contributed by atoms with E-state index in [1.807, 2.05) is 19.2 Å². The molecule has 1 aromatic rings. The molecule has 1 aromatic carbocycles. The Morgan fingerprint density at radius 2 is 1.90 bits per heavy atom. The van der Waals surface area contributed by atoms with Crippen molar-refractivity contribution in [2.24, 2.45) is 0 Å². The molecule has 0 aliphatic heterocycles. The summed E-state index contributed by atoms with van der Waals surface area (Å²) >= 11 is 0. The van der Waals surface area contributed by atoms with Gasteiger partial charge in [0, 0.05) is 18.7 Å². The van der Waals surface area contributed by atoms with Gasteiger partial charge < -0.3 is 14.8 Å². The fourth-order valence-electron chi connectivity index (χ4n) is 2.37. The second kappa shape index (κ2) is 10.7. The Morgan fingerprint density at radius 3 is 2.60 bits per heavy atom. The van der Waals surface area contributed by atoms with Crippen molar-refractivity contribution in [2.75, 3.05) is 27.4 Å². The lowest BCUT2D eigenvalue weighted by atomic mass is 9.99. The van der Waals surface area contributed by atoms with Crippen LogP contribution < -0.4 is 10.1 Å². The van der Waals surface area contributed by atoms with Crippen LogP contribution in [0.5, 0.6) is 5.75 Å². The van der Waals surface area contributed by atoms with Crippen LogP contribution in [0.4, 0.5) is 0 Å². The molecule has 114 valence electrons. The van der Waals surface area contributed by atoms with Gasteiger partial charge in [0.1, 0.15) is 12.4 Å². The van der Waals surface area contributed by atoms with Crippen molar-refractivity contribution in [3.63, 3.8) is 0 Å². The van der Waals surface area contributed by atoms with Crippen molar-refractivity contribution in [3.05, 3.63) is 29.8 Å². The van der Waals surface area contributed by atoms with E-state index in [4.69, 9.17) is 9.47 Å². The first-order valence-corrected chi connectivity index (χ1v) is 7.71. The average Bonchev–Trinajstić information content (AvgIpc) is 2.49. The largest absolute Gasteiger partial charge is 0.491 e. The van der Waals surface area contributed by atoms with Gasteiger partial charge in [-0.3, -0.25) is 0 Å². The molecule has 1 rings (SSSR count). The van der Waals surface area contributed by atoms with Crippen molar-refractivity contribution >= 4 is 0 Å².